The van der Waals surface area contributed by atoms with Crippen molar-refractivity contribution in [2.45, 2.75) is 44.7 Å². The van der Waals surface area contributed by atoms with Crippen molar-refractivity contribution in [3.63, 3.8) is 0 Å². The molecule has 1 N–H and O–H groups in total. The second kappa shape index (κ2) is 6.24. The van der Waals surface area contributed by atoms with E-state index in [2.05, 4.69) is 38.2 Å². The zero-order chi connectivity index (χ0) is 15.6. The molecule has 1 aliphatic heterocycles. The topological polar surface area (TPSA) is 53.9 Å². The van der Waals surface area contributed by atoms with E-state index in [9.17, 15) is 0 Å². The van der Waals surface area contributed by atoms with Crippen LogP contribution in [0.3, 0.4) is 0 Å². The number of pyridine rings is 1. The van der Waals surface area contributed by atoms with Crippen molar-refractivity contribution in [1.82, 2.24) is 19.9 Å². The molecule has 0 bridgehead atoms. The van der Waals surface area contributed by atoms with Crippen LogP contribution < -0.4 is 5.32 Å². The number of aromatic nitrogens is 3. The fraction of sp³-hybridized carbons (Fsp3) is 0.500. The van der Waals surface area contributed by atoms with Crippen molar-refractivity contribution in [2.24, 2.45) is 0 Å². The molecule has 1 aliphatic carbocycles. The third-order valence-corrected chi connectivity index (χ3v) is 4.73. The summed E-state index contributed by atoms with van der Waals surface area (Å²) in [6, 6.07) is 6.58. The molecule has 23 heavy (non-hydrogen) atoms. The van der Waals surface area contributed by atoms with Crippen molar-refractivity contribution in [3.05, 3.63) is 47.7 Å². The van der Waals surface area contributed by atoms with Crippen molar-refractivity contribution >= 4 is 5.82 Å². The first-order chi connectivity index (χ1) is 11.3. The minimum Gasteiger partial charge on any atom is -0.366 e. The molecule has 1 atom stereocenters. The van der Waals surface area contributed by atoms with Gasteiger partial charge < -0.3 is 5.32 Å². The van der Waals surface area contributed by atoms with E-state index in [1.807, 2.05) is 24.5 Å². The number of hydrogen-bond donors (Lipinski definition) is 1. The molecule has 3 heterocycles. The molecule has 1 saturated carbocycles. The molecule has 0 radical (unpaired) electrons. The van der Waals surface area contributed by atoms with Crippen LogP contribution in [0.5, 0.6) is 0 Å². The first-order valence-corrected chi connectivity index (χ1v) is 8.50. The second-order valence-corrected chi connectivity index (χ2v) is 6.71. The summed E-state index contributed by atoms with van der Waals surface area (Å²) in [5.74, 6) is 2.58. The number of nitrogens with one attached hydrogen (secondary N) is 1. The second-order valence-electron chi connectivity index (χ2n) is 6.71. The van der Waals surface area contributed by atoms with Gasteiger partial charge >= 0.3 is 0 Å². The van der Waals surface area contributed by atoms with Crippen LogP contribution in [0.15, 0.2) is 30.6 Å². The SMILES string of the molecule is Cc1cccnc1CN1CCC(Nc2ccnc(C3CC3)n2)C1. The van der Waals surface area contributed by atoms with E-state index in [0.717, 1.165) is 37.7 Å². The van der Waals surface area contributed by atoms with E-state index in [4.69, 9.17) is 0 Å². The van der Waals surface area contributed by atoms with E-state index < -0.39 is 0 Å². The molecule has 0 aromatic carbocycles. The molecule has 120 valence electrons. The van der Waals surface area contributed by atoms with E-state index in [0.29, 0.717) is 12.0 Å². The van der Waals surface area contributed by atoms with Crippen LogP contribution in [0, 0.1) is 6.92 Å². The van der Waals surface area contributed by atoms with Gasteiger partial charge in [-0.3, -0.25) is 9.88 Å². The molecule has 0 amide bonds. The fourth-order valence-corrected chi connectivity index (χ4v) is 3.19. The van der Waals surface area contributed by atoms with Crippen LogP contribution in [0.1, 0.15) is 42.3 Å². The lowest BCUT2D eigenvalue weighted by Crippen LogP contribution is -2.27. The van der Waals surface area contributed by atoms with Gasteiger partial charge in [0.1, 0.15) is 11.6 Å². The molecule has 1 unspecified atom stereocenters. The van der Waals surface area contributed by atoms with Gasteiger partial charge in [-0.2, -0.15) is 0 Å². The lowest BCUT2D eigenvalue weighted by Gasteiger charge is -2.17. The molecule has 2 aliphatic rings. The molecule has 1 saturated heterocycles. The zero-order valence-corrected chi connectivity index (χ0v) is 13.6. The monoisotopic (exact) mass is 309 g/mol. The lowest BCUT2D eigenvalue weighted by atomic mass is 10.2. The van der Waals surface area contributed by atoms with E-state index in [1.54, 1.807) is 0 Å². The first-order valence-electron chi connectivity index (χ1n) is 8.50. The Morgan fingerprint density at radius 2 is 2.09 bits per heavy atom. The predicted octanol–water partition coefficient (Wildman–Crippen LogP) is 2.74. The minimum atomic E-state index is 0.459. The highest BCUT2D eigenvalue weighted by Crippen LogP contribution is 2.38. The Labute approximate surface area is 137 Å². The average molecular weight is 309 g/mol. The Balaban J connectivity index is 1.35. The smallest absolute Gasteiger partial charge is 0.133 e. The van der Waals surface area contributed by atoms with Crippen LogP contribution >= 0.6 is 0 Å². The first kappa shape index (κ1) is 14.6. The third-order valence-electron chi connectivity index (χ3n) is 4.73. The number of rotatable bonds is 5. The van der Waals surface area contributed by atoms with Crippen LogP contribution in [0.4, 0.5) is 5.82 Å². The van der Waals surface area contributed by atoms with Gasteiger partial charge in [-0.05, 0) is 43.9 Å². The maximum atomic E-state index is 4.67. The van der Waals surface area contributed by atoms with Gasteiger partial charge in [-0.25, -0.2) is 9.97 Å². The summed E-state index contributed by atoms with van der Waals surface area (Å²) >= 11 is 0. The normalized spacial score (nSPS) is 21.5. The van der Waals surface area contributed by atoms with Crippen molar-refractivity contribution in [1.29, 1.82) is 0 Å². The summed E-state index contributed by atoms with van der Waals surface area (Å²) in [5, 5.41) is 3.58. The van der Waals surface area contributed by atoms with Gasteiger partial charge in [0.15, 0.2) is 0 Å². The number of anilines is 1. The highest BCUT2D eigenvalue weighted by Gasteiger charge is 2.27. The van der Waals surface area contributed by atoms with E-state index in [-0.39, 0.29) is 0 Å². The molecule has 4 rings (SSSR count). The Kier molecular flexibility index (Phi) is 3.95. The number of aryl methyl sites for hydroxylation is 1. The van der Waals surface area contributed by atoms with Gasteiger partial charge in [0.25, 0.3) is 0 Å². The Morgan fingerprint density at radius 3 is 2.91 bits per heavy atom. The van der Waals surface area contributed by atoms with Gasteiger partial charge in [0, 0.05) is 44.0 Å². The maximum absolute atomic E-state index is 4.67. The van der Waals surface area contributed by atoms with Crippen LogP contribution in [-0.2, 0) is 6.54 Å². The summed E-state index contributed by atoms with van der Waals surface area (Å²) in [6.07, 6.45) is 7.39. The molecule has 5 heteroatoms. The van der Waals surface area contributed by atoms with Crippen molar-refractivity contribution in [3.8, 4) is 0 Å². The molecule has 2 aromatic rings. The lowest BCUT2D eigenvalue weighted by molar-refractivity contribution is 0.323. The zero-order valence-electron chi connectivity index (χ0n) is 13.6. The fourth-order valence-electron chi connectivity index (χ4n) is 3.19. The average Bonchev–Trinajstić information content (AvgIpc) is 3.32. The molecule has 5 nitrogen and oxygen atoms in total. The van der Waals surface area contributed by atoms with Gasteiger partial charge in [-0.15, -0.1) is 0 Å². The van der Waals surface area contributed by atoms with Gasteiger partial charge in [0.2, 0.25) is 0 Å². The minimum absolute atomic E-state index is 0.459. The number of hydrogen-bond acceptors (Lipinski definition) is 5. The number of nitrogens with zero attached hydrogens (tertiary/aromatic N) is 4. The summed E-state index contributed by atoms with van der Waals surface area (Å²) in [4.78, 5) is 16.0. The van der Waals surface area contributed by atoms with Crippen LogP contribution in [0.25, 0.3) is 0 Å². The third kappa shape index (κ3) is 3.50. The summed E-state index contributed by atoms with van der Waals surface area (Å²) in [7, 11) is 0. The summed E-state index contributed by atoms with van der Waals surface area (Å²) in [6.45, 7) is 5.21. The summed E-state index contributed by atoms with van der Waals surface area (Å²) in [5.41, 5.74) is 2.46. The molecule has 2 aromatic heterocycles. The molecule has 2 fully saturated rings. The quantitative estimate of drug-likeness (QED) is 0.920. The van der Waals surface area contributed by atoms with Crippen molar-refractivity contribution in [2.75, 3.05) is 18.4 Å². The largest absolute Gasteiger partial charge is 0.366 e. The maximum Gasteiger partial charge on any atom is 0.133 e. The van der Waals surface area contributed by atoms with Gasteiger partial charge in [-0.1, -0.05) is 6.07 Å². The van der Waals surface area contributed by atoms with Crippen molar-refractivity contribution < 1.29 is 0 Å². The Morgan fingerprint density at radius 1 is 1.17 bits per heavy atom. The molecule has 0 spiro atoms. The van der Waals surface area contributed by atoms with E-state index >= 15 is 0 Å². The molecular formula is C18H23N5. The van der Waals surface area contributed by atoms with Gasteiger partial charge in [0.05, 0.1) is 5.69 Å². The highest BCUT2D eigenvalue weighted by molar-refractivity contribution is 5.35. The van der Waals surface area contributed by atoms with Crippen LogP contribution in [-0.4, -0.2) is 39.0 Å². The highest BCUT2D eigenvalue weighted by atomic mass is 15.2. The molecular weight excluding hydrogens is 286 g/mol. The Hall–Kier alpha value is -2.01. The summed E-state index contributed by atoms with van der Waals surface area (Å²) < 4.78 is 0. The van der Waals surface area contributed by atoms with E-state index in [1.165, 1.54) is 24.1 Å². The predicted molar refractivity (Wildman–Crippen MR) is 90.3 cm³/mol. The Bertz CT molecular complexity index is 683. The standard InChI is InChI=1S/C18H23N5/c1-13-3-2-8-19-16(13)12-23-10-7-15(11-23)21-17-6-9-20-18(22-17)14-4-5-14/h2-3,6,8-9,14-15H,4-5,7,10-12H2,1H3,(H,20,21,22). The van der Waals surface area contributed by atoms with Crippen LogP contribution in [0.2, 0.25) is 0 Å². The number of likely N-dealkylation sites (tertiary alicyclic amines) is 1.